The van der Waals surface area contributed by atoms with E-state index in [0.29, 0.717) is 11.9 Å². The van der Waals surface area contributed by atoms with Crippen LogP contribution < -0.4 is 0 Å². The zero-order chi connectivity index (χ0) is 11.8. The van der Waals surface area contributed by atoms with Crippen molar-refractivity contribution in [2.24, 2.45) is 0 Å². The molecule has 1 aliphatic carbocycles. The highest BCUT2D eigenvalue weighted by Crippen LogP contribution is 2.31. The van der Waals surface area contributed by atoms with Crippen LogP contribution in [0.3, 0.4) is 0 Å². The summed E-state index contributed by atoms with van der Waals surface area (Å²) in [4.78, 5) is 4.41. The molecule has 3 heteroatoms. The van der Waals surface area contributed by atoms with Gasteiger partial charge in [0.15, 0.2) is 0 Å². The summed E-state index contributed by atoms with van der Waals surface area (Å²) in [5.74, 6) is -0.295. The molecule has 0 N–H and O–H groups in total. The number of halogens is 1. The van der Waals surface area contributed by atoms with E-state index < -0.39 is 0 Å². The summed E-state index contributed by atoms with van der Waals surface area (Å²) in [6.07, 6.45) is 3.26. The highest BCUT2D eigenvalue weighted by Gasteiger charge is 2.20. The van der Waals surface area contributed by atoms with E-state index in [1.54, 1.807) is 6.07 Å². The van der Waals surface area contributed by atoms with Crippen LogP contribution in [0.4, 0.5) is 4.39 Å². The SMILES string of the molecule is N#CCc1c2c(nc3c(F)cccc13)CCC2. The van der Waals surface area contributed by atoms with Crippen molar-refractivity contribution in [1.82, 2.24) is 4.98 Å². The van der Waals surface area contributed by atoms with Gasteiger partial charge in [0.05, 0.1) is 12.5 Å². The average Bonchev–Trinajstić information content (AvgIpc) is 2.78. The fourth-order valence-corrected chi connectivity index (χ4v) is 2.63. The van der Waals surface area contributed by atoms with Gasteiger partial charge < -0.3 is 0 Å². The molecule has 1 aliphatic rings. The van der Waals surface area contributed by atoms with Crippen molar-refractivity contribution < 1.29 is 4.39 Å². The van der Waals surface area contributed by atoms with Crippen molar-refractivity contribution in [1.29, 1.82) is 5.26 Å². The molecule has 84 valence electrons. The van der Waals surface area contributed by atoms with Crippen molar-refractivity contribution in [3.63, 3.8) is 0 Å². The largest absolute Gasteiger partial charge is 0.249 e. The minimum absolute atomic E-state index is 0.295. The molecule has 0 fully saturated rings. The third-order valence-corrected chi connectivity index (χ3v) is 3.37. The highest BCUT2D eigenvalue weighted by atomic mass is 19.1. The first-order valence-corrected chi connectivity index (χ1v) is 5.77. The topological polar surface area (TPSA) is 36.7 Å². The lowest BCUT2D eigenvalue weighted by atomic mass is 9.99. The molecule has 0 amide bonds. The monoisotopic (exact) mass is 226 g/mol. The predicted octanol–water partition coefficient (Wildman–Crippen LogP) is 2.93. The van der Waals surface area contributed by atoms with E-state index in [0.717, 1.165) is 35.9 Å². The number of rotatable bonds is 1. The minimum Gasteiger partial charge on any atom is -0.249 e. The lowest BCUT2D eigenvalue weighted by molar-refractivity contribution is 0.636. The summed E-state index contributed by atoms with van der Waals surface area (Å²) in [5, 5.41) is 9.71. The standard InChI is InChI=1S/C14H11FN2/c15-12-5-1-4-11-9(7-8-16)10-3-2-6-13(10)17-14(11)12/h1,4-5H,2-3,6-7H2. The zero-order valence-electron chi connectivity index (χ0n) is 9.33. The number of pyridine rings is 1. The van der Waals surface area contributed by atoms with Gasteiger partial charge in [-0.25, -0.2) is 9.37 Å². The summed E-state index contributed by atoms with van der Waals surface area (Å²) < 4.78 is 13.7. The number of hydrogen-bond donors (Lipinski definition) is 0. The fraction of sp³-hybridized carbons (Fsp3) is 0.286. The Bertz CT molecular complexity index is 641. The third kappa shape index (κ3) is 1.49. The van der Waals surface area contributed by atoms with Crippen LogP contribution in [0.25, 0.3) is 10.9 Å². The molecule has 0 atom stereocenters. The molecule has 0 bridgehead atoms. The molecular weight excluding hydrogens is 215 g/mol. The van der Waals surface area contributed by atoms with E-state index in [9.17, 15) is 4.39 Å². The lowest BCUT2D eigenvalue weighted by Gasteiger charge is -2.10. The maximum absolute atomic E-state index is 13.7. The van der Waals surface area contributed by atoms with Crippen molar-refractivity contribution in [3.8, 4) is 6.07 Å². The van der Waals surface area contributed by atoms with E-state index in [-0.39, 0.29) is 5.82 Å². The number of benzene rings is 1. The fourth-order valence-electron chi connectivity index (χ4n) is 2.63. The molecule has 2 aromatic rings. The summed E-state index contributed by atoms with van der Waals surface area (Å²) in [7, 11) is 0. The first kappa shape index (κ1) is 10.2. The molecule has 3 rings (SSSR count). The van der Waals surface area contributed by atoms with Crippen LogP contribution in [0.1, 0.15) is 23.2 Å². The van der Waals surface area contributed by atoms with Gasteiger partial charge in [0.25, 0.3) is 0 Å². The van der Waals surface area contributed by atoms with Gasteiger partial charge in [-0.1, -0.05) is 12.1 Å². The number of aryl methyl sites for hydroxylation is 1. The van der Waals surface area contributed by atoms with E-state index in [1.807, 2.05) is 6.07 Å². The van der Waals surface area contributed by atoms with Gasteiger partial charge in [0.1, 0.15) is 11.3 Å². The first-order valence-electron chi connectivity index (χ1n) is 5.77. The van der Waals surface area contributed by atoms with Crippen LogP contribution in [0.15, 0.2) is 18.2 Å². The van der Waals surface area contributed by atoms with Gasteiger partial charge in [-0.05, 0) is 36.5 Å². The second-order valence-electron chi connectivity index (χ2n) is 4.34. The molecular formula is C14H11FN2. The van der Waals surface area contributed by atoms with Crippen LogP contribution in [0.2, 0.25) is 0 Å². The molecule has 1 aromatic heterocycles. The Morgan fingerprint density at radius 1 is 1.35 bits per heavy atom. The zero-order valence-corrected chi connectivity index (χ0v) is 9.33. The van der Waals surface area contributed by atoms with E-state index in [2.05, 4.69) is 11.1 Å². The molecule has 0 saturated carbocycles. The Balaban J connectivity index is 2.41. The Kier molecular flexibility index (Phi) is 2.29. The second kappa shape index (κ2) is 3.81. The molecule has 0 saturated heterocycles. The highest BCUT2D eigenvalue weighted by molar-refractivity contribution is 5.84. The van der Waals surface area contributed by atoms with Gasteiger partial charge in [0.2, 0.25) is 0 Å². The van der Waals surface area contributed by atoms with Gasteiger partial charge in [-0.2, -0.15) is 5.26 Å². The van der Waals surface area contributed by atoms with Crippen LogP contribution in [-0.2, 0) is 19.3 Å². The summed E-state index contributed by atoms with van der Waals surface area (Å²) in [6.45, 7) is 0. The molecule has 0 spiro atoms. The van der Waals surface area contributed by atoms with Crippen molar-refractivity contribution in [2.75, 3.05) is 0 Å². The quantitative estimate of drug-likeness (QED) is 0.749. The second-order valence-corrected chi connectivity index (χ2v) is 4.34. The van der Waals surface area contributed by atoms with Crippen LogP contribution >= 0.6 is 0 Å². The Morgan fingerprint density at radius 3 is 3.06 bits per heavy atom. The number of para-hydroxylation sites is 1. The minimum atomic E-state index is -0.295. The molecule has 1 heterocycles. The van der Waals surface area contributed by atoms with Crippen molar-refractivity contribution >= 4 is 10.9 Å². The maximum Gasteiger partial charge on any atom is 0.149 e. The summed E-state index contributed by atoms with van der Waals surface area (Å²) in [5.41, 5.74) is 3.54. The van der Waals surface area contributed by atoms with Crippen molar-refractivity contribution in [2.45, 2.75) is 25.7 Å². The van der Waals surface area contributed by atoms with Gasteiger partial charge >= 0.3 is 0 Å². The van der Waals surface area contributed by atoms with Crippen LogP contribution in [0.5, 0.6) is 0 Å². The molecule has 1 aromatic carbocycles. The number of nitriles is 1. The summed E-state index contributed by atoms with van der Waals surface area (Å²) in [6, 6.07) is 7.14. The average molecular weight is 226 g/mol. The van der Waals surface area contributed by atoms with E-state index in [1.165, 1.54) is 11.6 Å². The Labute approximate surface area is 98.7 Å². The van der Waals surface area contributed by atoms with E-state index in [4.69, 9.17) is 5.26 Å². The number of fused-ring (bicyclic) bond motifs is 2. The van der Waals surface area contributed by atoms with Gasteiger partial charge in [-0.3, -0.25) is 0 Å². The number of hydrogen-bond acceptors (Lipinski definition) is 2. The van der Waals surface area contributed by atoms with Crippen LogP contribution in [-0.4, -0.2) is 4.98 Å². The summed E-state index contributed by atoms with van der Waals surface area (Å²) >= 11 is 0. The molecule has 2 nitrogen and oxygen atoms in total. The van der Waals surface area contributed by atoms with Gasteiger partial charge in [-0.15, -0.1) is 0 Å². The molecule has 0 aliphatic heterocycles. The molecule has 0 unspecified atom stereocenters. The normalized spacial score (nSPS) is 13.6. The Hall–Kier alpha value is -1.95. The van der Waals surface area contributed by atoms with Crippen molar-refractivity contribution in [3.05, 3.63) is 40.8 Å². The number of aromatic nitrogens is 1. The lowest BCUT2D eigenvalue weighted by Crippen LogP contribution is -1.99. The first-order chi connectivity index (χ1) is 8.31. The van der Waals surface area contributed by atoms with Crippen LogP contribution in [0, 0.1) is 17.1 Å². The molecule has 17 heavy (non-hydrogen) atoms. The molecule has 0 radical (unpaired) electrons. The number of nitrogens with zero attached hydrogens (tertiary/aromatic N) is 2. The third-order valence-electron chi connectivity index (χ3n) is 3.37. The Morgan fingerprint density at radius 2 is 2.24 bits per heavy atom. The van der Waals surface area contributed by atoms with E-state index >= 15 is 0 Å². The van der Waals surface area contributed by atoms with Gasteiger partial charge in [0, 0.05) is 11.1 Å². The predicted molar refractivity (Wildman–Crippen MR) is 63.0 cm³/mol. The maximum atomic E-state index is 13.7. The smallest absolute Gasteiger partial charge is 0.149 e.